The van der Waals surface area contributed by atoms with E-state index in [9.17, 15) is 13.2 Å². The summed E-state index contributed by atoms with van der Waals surface area (Å²) < 4.78 is 48.5. The van der Waals surface area contributed by atoms with Crippen LogP contribution in [0.2, 0.25) is 0 Å². The van der Waals surface area contributed by atoms with Crippen LogP contribution in [0.4, 0.5) is 13.2 Å². The van der Waals surface area contributed by atoms with Gasteiger partial charge in [0, 0.05) is 37.5 Å². The summed E-state index contributed by atoms with van der Waals surface area (Å²) in [6.07, 6.45) is -1.78. The number of nitrogens with zero attached hydrogens (tertiary/aromatic N) is 5. The fraction of sp³-hybridized carbons (Fsp3) is 0.222. The third-order valence-corrected chi connectivity index (χ3v) is 6.03. The van der Waals surface area contributed by atoms with Crippen LogP contribution in [0.5, 0.6) is 11.6 Å². The minimum atomic E-state index is -4.50. The van der Waals surface area contributed by atoms with Gasteiger partial charge in [-0.2, -0.15) is 13.2 Å². The molecule has 3 heterocycles. The van der Waals surface area contributed by atoms with Crippen LogP contribution >= 0.6 is 0 Å². The van der Waals surface area contributed by atoms with Crippen LogP contribution < -0.4 is 4.74 Å². The van der Waals surface area contributed by atoms with Crippen LogP contribution in [-0.2, 0) is 20.3 Å². The van der Waals surface area contributed by atoms with Gasteiger partial charge in [0.15, 0.2) is 5.69 Å². The predicted octanol–water partition coefficient (Wildman–Crippen LogP) is 6.97. The Morgan fingerprint density at radius 2 is 1.64 bits per heavy atom. The molecule has 6 nitrogen and oxygen atoms in total. The molecule has 5 aromatic rings. The van der Waals surface area contributed by atoms with Crippen molar-refractivity contribution in [3.8, 4) is 34.3 Å². The lowest BCUT2D eigenvalue weighted by atomic mass is 9.94. The smallest absolute Gasteiger partial charge is 0.434 e. The zero-order valence-electron chi connectivity index (χ0n) is 20.2. The largest absolute Gasteiger partial charge is 0.439 e. The fourth-order valence-corrected chi connectivity index (χ4v) is 4.22. The van der Waals surface area contributed by atoms with Crippen molar-refractivity contribution in [1.29, 1.82) is 0 Å². The van der Waals surface area contributed by atoms with Crippen LogP contribution in [0.25, 0.3) is 33.7 Å². The average Bonchev–Trinajstić information content (AvgIpc) is 3.42. The quantitative estimate of drug-likeness (QED) is 0.266. The van der Waals surface area contributed by atoms with Gasteiger partial charge in [-0.25, -0.2) is 15.0 Å². The molecule has 184 valence electrons. The van der Waals surface area contributed by atoms with E-state index in [0.29, 0.717) is 23.1 Å². The molecule has 0 fully saturated rings. The van der Waals surface area contributed by atoms with Crippen LogP contribution in [-0.4, -0.2) is 24.1 Å². The van der Waals surface area contributed by atoms with Gasteiger partial charge in [0.2, 0.25) is 5.88 Å². The van der Waals surface area contributed by atoms with E-state index in [2.05, 4.69) is 29.9 Å². The summed E-state index contributed by atoms with van der Waals surface area (Å²) >= 11 is 0. The number of aryl methyl sites for hydroxylation is 2. The van der Waals surface area contributed by atoms with Crippen molar-refractivity contribution < 1.29 is 17.9 Å². The third kappa shape index (κ3) is 4.32. The van der Waals surface area contributed by atoms with E-state index in [4.69, 9.17) is 9.72 Å². The molecule has 0 aliphatic heterocycles. The van der Waals surface area contributed by atoms with Crippen LogP contribution in [0, 0.1) is 0 Å². The molecule has 5 rings (SSSR count). The maximum Gasteiger partial charge on any atom is 0.434 e. The molecule has 2 aromatic carbocycles. The second-order valence-electron chi connectivity index (χ2n) is 8.96. The minimum absolute atomic E-state index is 0.218. The molecule has 0 amide bonds. The molecule has 0 saturated carbocycles. The van der Waals surface area contributed by atoms with Gasteiger partial charge in [-0.05, 0) is 35.7 Å². The van der Waals surface area contributed by atoms with E-state index in [1.807, 2.05) is 35.9 Å². The second-order valence-corrected chi connectivity index (χ2v) is 8.96. The summed E-state index contributed by atoms with van der Waals surface area (Å²) in [5.41, 5.74) is 4.15. The van der Waals surface area contributed by atoms with E-state index >= 15 is 0 Å². The van der Waals surface area contributed by atoms with Crippen molar-refractivity contribution >= 4 is 11.0 Å². The minimum Gasteiger partial charge on any atom is -0.439 e. The van der Waals surface area contributed by atoms with Crippen LogP contribution in [0.1, 0.15) is 31.0 Å². The normalized spacial score (nSPS) is 12.0. The van der Waals surface area contributed by atoms with Gasteiger partial charge in [-0.15, -0.1) is 0 Å². The first-order valence-electron chi connectivity index (χ1n) is 11.4. The molecule has 0 aliphatic carbocycles. The first kappa shape index (κ1) is 23.6. The molecule has 3 aromatic heterocycles. The highest BCUT2D eigenvalue weighted by atomic mass is 19.4. The predicted molar refractivity (Wildman–Crippen MR) is 132 cm³/mol. The van der Waals surface area contributed by atoms with Crippen molar-refractivity contribution in [3.05, 3.63) is 78.4 Å². The second kappa shape index (κ2) is 8.82. The third-order valence-electron chi connectivity index (χ3n) is 6.03. The van der Waals surface area contributed by atoms with Crippen molar-refractivity contribution in [2.24, 2.45) is 14.1 Å². The molecule has 36 heavy (non-hydrogen) atoms. The summed E-state index contributed by atoms with van der Waals surface area (Å²) in [4.78, 5) is 13.1. The van der Waals surface area contributed by atoms with E-state index < -0.39 is 11.9 Å². The summed E-state index contributed by atoms with van der Waals surface area (Å²) in [6, 6.07) is 16.7. The summed E-state index contributed by atoms with van der Waals surface area (Å²) in [5, 5.41) is 0. The highest BCUT2D eigenvalue weighted by molar-refractivity contribution is 5.91. The Labute approximate surface area is 206 Å². The lowest BCUT2D eigenvalue weighted by molar-refractivity contribution is -0.140. The number of alkyl halides is 3. The average molecular weight is 492 g/mol. The molecule has 0 unspecified atom stereocenters. The molecule has 0 saturated heterocycles. The van der Waals surface area contributed by atoms with Crippen LogP contribution in [0.15, 0.2) is 67.1 Å². The molecule has 0 atom stereocenters. The number of imidazole rings is 2. The number of aromatic nitrogens is 5. The summed E-state index contributed by atoms with van der Waals surface area (Å²) in [6.45, 7) is 4.27. The number of rotatable bonds is 5. The van der Waals surface area contributed by atoms with Gasteiger partial charge in [-0.1, -0.05) is 38.1 Å². The SMILES string of the molecule is CC(C)c1ccccc1-c1nc(Oc2ccc(-c3nc(C(F)(F)F)cn3C)cc2)cc2c1ncn2C. The molecule has 0 N–H and O–H groups in total. The zero-order valence-corrected chi connectivity index (χ0v) is 20.2. The Bertz CT molecular complexity index is 1550. The van der Waals surface area contributed by atoms with Gasteiger partial charge in [-0.3, -0.25) is 0 Å². The molecular formula is C27H24F3N5O. The highest BCUT2D eigenvalue weighted by Crippen LogP contribution is 2.36. The number of pyridine rings is 1. The zero-order chi connectivity index (χ0) is 25.6. The van der Waals surface area contributed by atoms with Crippen molar-refractivity contribution in [2.75, 3.05) is 0 Å². The Morgan fingerprint density at radius 3 is 2.31 bits per heavy atom. The van der Waals surface area contributed by atoms with Gasteiger partial charge < -0.3 is 13.9 Å². The Balaban J connectivity index is 1.51. The Kier molecular flexibility index (Phi) is 5.78. The fourth-order valence-electron chi connectivity index (χ4n) is 4.22. The molecular weight excluding hydrogens is 467 g/mol. The Morgan fingerprint density at radius 1 is 0.917 bits per heavy atom. The maximum atomic E-state index is 13.0. The first-order valence-corrected chi connectivity index (χ1v) is 11.4. The lowest BCUT2D eigenvalue weighted by Crippen LogP contribution is -2.04. The van der Waals surface area contributed by atoms with Gasteiger partial charge in [0.25, 0.3) is 0 Å². The molecule has 0 radical (unpaired) electrons. The van der Waals surface area contributed by atoms with Gasteiger partial charge >= 0.3 is 6.18 Å². The van der Waals surface area contributed by atoms with E-state index in [1.165, 1.54) is 11.6 Å². The number of halogens is 3. The number of hydrogen-bond donors (Lipinski definition) is 0. The van der Waals surface area contributed by atoms with Gasteiger partial charge in [0.1, 0.15) is 22.8 Å². The van der Waals surface area contributed by atoms with E-state index in [0.717, 1.165) is 34.1 Å². The van der Waals surface area contributed by atoms with E-state index in [-0.39, 0.29) is 5.82 Å². The number of hydrogen-bond acceptors (Lipinski definition) is 4. The summed E-state index contributed by atoms with van der Waals surface area (Å²) in [7, 11) is 3.44. The lowest BCUT2D eigenvalue weighted by Gasteiger charge is -2.14. The monoisotopic (exact) mass is 491 g/mol. The Hall–Kier alpha value is -4.14. The number of fused-ring (bicyclic) bond motifs is 1. The van der Waals surface area contributed by atoms with Crippen molar-refractivity contribution in [3.63, 3.8) is 0 Å². The first-order chi connectivity index (χ1) is 17.1. The van der Waals surface area contributed by atoms with E-state index in [1.54, 1.807) is 30.6 Å². The highest BCUT2D eigenvalue weighted by Gasteiger charge is 2.34. The molecule has 0 bridgehead atoms. The number of benzene rings is 2. The summed E-state index contributed by atoms with van der Waals surface area (Å²) in [5.74, 6) is 1.41. The molecule has 0 aliphatic rings. The van der Waals surface area contributed by atoms with Crippen molar-refractivity contribution in [2.45, 2.75) is 25.9 Å². The van der Waals surface area contributed by atoms with Crippen LogP contribution in [0.3, 0.4) is 0 Å². The standard InChI is InChI=1S/C27H24F3N5O/c1-16(2)19-7-5-6-8-20(19)24-25-21(35(4)15-31-25)13-23(33-24)36-18-11-9-17(10-12-18)26-32-22(14-34(26)3)27(28,29)30/h5-16H,1-4H3. The molecule has 0 spiro atoms. The maximum absolute atomic E-state index is 13.0. The molecule has 9 heteroatoms. The van der Waals surface area contributed by atoms with Gasteiger partial charge in [0.05, 0.1) is 11.8 Å². The van der Waals surface area contributed by atoms with Crippen molar-refractivity contribution in [1.82, 2.24) is 24.1 Å². The number of ether oxygens (including phenoxy) is 1. The topological polar surface area (TPSA) is 57.8 Å².